The molecule has 2 saturated heterocycles. The number of benzene rings is 1. The maximum absolute atomic E-state index is 12.7. The van der Waals surface area contributed by atoms with E-state index in [1.165, 1.54) is 10.4 Å². The van der Waals surface area contributed by atoms with E-state index in [9.17, 15) is 13.2 Å². The topological polar surface area (TPSA) is 66.5 Å². The first-order valence-corrected chi connectivity index (χ1v) is 8.84. The third-order valence-corrected chi connectivity index (χ3v) is 6.60. The minimum Gasteiger partial charge on any atom is -0.353 e. The van der Waals surface area contributed by atoms with E-state index >= 15 is 0 Å². The van der Waals surface area contributed by atoms with Gasteiger partial charge in [-0.3, -0.25) is 4.79 Å². The highest BCUT2D eigenvalue weighted by atomic mass is 35.5. The van der Waals surface area contributed by atoms with Crippen molar-refractivity contribution < 1.29 is 13.2 Å². The minimum atomic E-state index is -3.57. The average molecular weight is 329 g/mol. The predicted molar refractivity (Wildman–Crippen MR) is 79.5 cm³/mol. The summed E-state index contributed by atoms with van der Waals surface area (Å²) in [5.74, 6) is 0.257. The van der Waals surface area contributed by atoms with Crippen LogP contribution >= 0.6 is 11.6 Å². The Bertz CT molecular complexity index is 662. The molecule has 3 rings (SSSR count). The van der Waals surface area contributed by atoms with Gasteiger partial charge < -0.3 is 5.32 Å². The van der Waals surface area contributed by atoms with Crippen LogP contribution in [0.15, 0.2) is 29.2 Å². The van der Waals surface area contributed by atoms with Gasteiger partial charge in [0.1, 0.15) is 4.90 Å². The second-order valence-corrected chi connectivity index (χ2v) is 7.87. The molecule has 0 aromatic heterocycles. The first-order chi connectivity index (χ1) is 9.98. The smallest absolute Gasteiger partial charge is 0.244 e. The van der Waals surface area contributed by atoms with Crippen LogP contribution in [0, 0.1) is 5.92 Å². The molecule has 7 heteroatoms. The van der Waals surface area contributed by atoms with Crippen LogP contribution in [-0.4, -0.2) is 37.8 Å². The van der Waals surface area contributed by atoms with E-state index in [0.717, 1.165) is 6.42 Å². The number of hydrogen-bond donors (Lipinski definition) is 1. The zero-order chi connectivity index (χ0) is 15.0. The van der Waals surface area contributed by atoms with Crippen molar-refractivity contribution in [2.45, 2.75) is 30.2 Å². The lowest BCUT2D eigenvalue weighted by Crippen LogP contribution is -2.55. The minimum absolute atomic E-state index is 0.0682. The Morgan fingerprint density at radius 2 is 2.00 bits per heavy atom. The Morgan fingerprint density at radius 3 is 2.76 bits per heavy atom. The third-order valence-electron chi connectivity index (χ3n) is 4.24. The first kappa shape index (κ1) is 14.8. The highest BCUT2D eigenvalue weighted by Crippen LogP contribution is 2.31. The van der Waals surface area contributed by atoms with Crippen LogP contribution in [0.25, 0.3) is 0 Å². The molecule has 1 amide bonds. The zero-order valence-corrected chi connectivity index (χ0v) is 13.0. The van der Waals surface area contributed by atoms with Gasteiger partial charge in [-0.15, -0.1) is 0 Å². The van der Waals surface area contributed by atoms with Crippen LogP contribution in [0.1, 0.15) is 19.3 Å². The van der Waals surface area contributed by atoms with Crippen LogP contribution in [0.4, 0.5) is 0 Å². The van der Waals surface area contributed by atoms with Gasteiger partial charge in [0, 0.05) is 25.6 Å². The van der Waals surface area contributed by atoms with Gasteiger partial charge >= 0.3 is 0 Å². The summed E-state index contributed by atoms with van der Waals surface area (Å²) in [7, 11) is -3.57. The van der Waals surface area contributed by atoms with Crippen LogP contribution < -0.4 is 5.32 Å². The molecule has 5 nitrogen and oxygen atoms in total. The second-order valence-electron chi connectivity index (χ2n) is 5.55. The number of piperidine rings is 2. The fourth-order valence-electron chi connectivity index (χ4n) is 3.09. The summed E-state index contributed by atoms with van der Waals surface area (Å²) >= 11 is 6.02. The quantitative estimate of drug-likeness (QED) is 0.897. The predicted octanol–water partition coefficient (Wildman–Crippen LogP) is 1.63. The highest BCUT2D eigenvalue weighted by molar-refractivity contribution is 7.89. The van der Waals surface area contributed by atoms with E-state index < -0.39 is 10.0 Å². The molecule has 2 atom stereocenters. The van der Waals surface area contributed by atoms with E-state index in [-0.39, 0.29) is 27.8 Å². The van der Waals surface area contributed by atoms with Gasteiger partial charge in [0.05, 0.1) is 5.02 Å². The maximum Gasteiger partial charge on any atom is 0.244 e. The number of amides is 1. The zero-order valence-electron chi connectivity index (χ0n) is 11.5. The van der Waals surface area contributed by atoms with Gasteiger partial charge in [-0.05, 0) is 30.9 Å². The van der Waals surface area contributed by atoms with Crippen molar-refractivity contribution in [2.75, 3.05) is 13.1 Å². The number of hydrogen-bond acceptors (Lipinski definition) is 3. The largest absolute Gasteiger partial charge is 0.353 e. The molecular weight excluding hydrogens is 312 g/mol. The number of halogens is 1. The van der Waals surface area contributed by atoms with Crippen LogP contribution in [-0.2, 0) is 14.8 Å². The van der Waals surface area contributed by atoms with Gasteiger partial charge in [0.2, 0.25) is 15.9 Å². The Balaban J connectivity index is 1.82. The maximum atomic E-state index is 12.7. The van der Waals surface area contributed by atoms with E-state index in [2.05, 4.69) is 5.32 Å². The summed E-state index contributed by atoms with van der Waals surface area (Å²) in [4.78, 5) is 11.6. The molecule has 21 heavy (non-hydrogen) atoms. The Kier molecular flexibility index (Phi) is 3.94. The number of fused-ring (bicyclic) bond motifs is 1. The van der Waals surface area contributed by atoms with Crippen molar-refractivity contribution in [3.05, 3.63) is 29.3 Å². The van der Waals surface area contributed by atoms with E-state index in [0.29, 0.717) is 25.9 Å². The molecule has 1 N–H and O–H groups in total. The van der Waals surface area contributed by atoms with E-state index in [4.69, 9.17) is 11.6 Å². The fourth-order valence-corrected chi connectivity index (χ4v) is 5.09. The number of carbonyl (C=O) groups excluding carboxylic acids is 1. The monoisotopic (exact) mass is 328 g/mol. The molecule has 1 aromatic carbocycles. The number of rotatable bonds is 2. The lowest BCUT2D eigenvalue weighted by molar-refractivity contribution is -0.124. The van der Waals surface area contributed by atoms with Gasteiger partial charge in [-0.1, -0.05) is 23.7 Å². The van der Waals surface area contributed by atoms with E-state index in [1.807, 2.05) is 0 Å². The number of carbonyl (C=O) groups is 1. The van der Waals surface area contributed by atoms with Crippen LogP contribution in [0.5, 0.6) is 0 Å². The van der Waals surface area contributed by atoms with Crippen molar-refractivity contribution >= 4 is 27.5 Å². The van der Waals surface area contributed by atoms with Crippen molar-refractivity contribution in [1.29, 1.82) is 0 Å². The Hall–Kier alpha value is -1.11. The van der Waals surface area contributed by atoms with Gasteiger partial charge in [0.25, 0.3) is 0 Å². The molecule has 2 unspecified atom stereocenters. The second kappa shape index (κ2) is 5.59. The fraction of sp³-hybridized carbons (Fsp3) is 0.500. The molecule has 2 aliphatic rings. The molecular formula is C14H17ClN2O3S. The highest BCUT2D eigenvalue weighted by Gasteiger charge is 2.38. The number of sulfonamides is 1. The summed E-state index contributed by atoms with van der Waals surface area (Å²) in [6.45, 7) is 0.855. The summed E-state index contributed by atoms with van der Waals surface area (Å²) in [6.07, 6.45) is 1.87. The molecule has 0 bridgehead atoms. The van der Waals surface area contributed by atoms with Crippen molar-refractivity contribution in [3.63, 3.8) is 0 Å². The van der Waals surface area contributed by atoms with Crippen molar-refractivity contribution in [2.24, 2.45) is 5.92 Å². The summed E-state index contributed by atoms with van der Waals surface area (Å²) in [5, 5.41) is 3.20. The standard InChI is InChI=1S/C14H17ClN2O3S/c15-11-3-1-2-4-13(11)21(19,20)17-8-7-12-10(9-17)5-6-14(18)16-12/h1-4,10,12H,5-9H2,(H,16,18). The number of nitrogens with one attached hydrogen (secondary N) is 1. The summed E-state index contributed by atoms with van der Waals surface area (Å²) < 4.78 is 26.9. The lowest BCUT2D eigenvalue weighted by atomic mass is 9.86. The van der Waals surface area contributed by atoms with Gasteiger partial charge in [-0.2, -0.15) is 4.31 Å². The lowest BCUT2D eigenvalue weighted by Gasteiger charge is -2.40. The van der Waals surface area contributed by atoms with Crippen LogP contribution in [0.2, 0.25) is 5.02 Å². The molecule has 2 fully saturated rings. The molecule has 114 valence electrons. The summed E-state index contributed by atoms with van der Waals surface area (Å²) in [5.41, 5.74) is 0. The SMILES string of the molecule is O=C1CCC2CN(S(=O)(=O)c3ccccc3Cl)CCC2N1. The van der Waals surface area contributed by atoms with Crippen molar-refractivity contribution in [3.8, 4) is 0 Å². The Morgan fingerprint density at radius 1 is 1.24 bits per heavy atom. The van der Waals surface area contributed by atoms with Gasteiger partial charge in [0.15, 0.2) is 0 Å². The van der Waals surface area contributed by atoms with Gasteiger partial charge in [-0.25, -0.2) is 8.42 Å². The van der Waals surface area contributed by atoms with Crippen LogP contribution in [0.3, 0.4) is 0 Å². The molecule has 0 radical (unpaired) electrons. The molecule has 0 aliphatic carbocycles. The molecule has 1 aromatic rings. The Labute approximate surface area is 129 Å². The van der Waals surface area contributed by atoms with E-state index in [1.54, 1.807) is 18.2 Å². The average Bonchev–Trinajstić information content (AvgIpc) is 2.47. The van der Waals surface area contributed by atoms with Crippen molar-refractivity contribution in [1.82, 2.24) is 9.62 Å². The normalized spacial score (nSPS) is 27.0. The number of nitrogens with zero attached hydrogens (tertiary/aromatic N) is 1. The third kappa shape index (κ3) is 2.80. The molecule has 2 heterocycles. The first-order valence-electron chi connectivity index (χ1n) is 7.02. The summed E-state index contributed by atoms with van der Waals surface area (Å²) in [6, 6.07) is 6.61. The molecule has 0 spiro atoms. The molecule has 0 saturated carbocycles. The molecule has 2 aliphatic heterocycles.